The summed E-state index contributed by atoms with van der Waals surface area (Å²) in [5.41, 5.74) is 1.55. The maximum Gasteiger partial charge on any atom is 0.250 e. The van der Waals surface area contributed by atoms with Crippen LogP contribution in [0.3, 0.4) is 0 Å². The zero-order chi connectivity index (χ0) is 15.4. The number of hydrogen-bond donors (Lipinski definition) is 2. The van der Waals surface area contributed by atoms with Gasteiger partial charge in [0.15, 0.2) is 11.5 Å². The van der Waals surface area contributed by atoms with Crippen molar-refractivity contribution in [3.63, 3.8) is 0 Å². The Morgan fingerprint density at radius 3 is 3.18 bits per heavy atom. The molecule has 2 aliphatic rings. The van der Waals surface area contributed by atoms with Gasteiger partial charge in [0.1, 0.15) is 6.61 Å². The first kappa shape index (κ1) is 14.9. The first-order valence-electron chi connectivity index (χ1n) is 7.88. The highest BCUT2D eigenvalue weighted by molar-refractivity contribution is 5.99. The van der Waals surface area contributed by atoms with E-state index in [4.69, 9.17) is 9.47 Å². The van der Waals surface area contributed by atoms with Gasteiger partial charge < -0.3 is 20.1 Å². The molecule has 1 aromatic rings. The standard InChI is InChI=1S/C17H22N2O3/c1-2-21-15-7-3-5-12-9-13(11-22-16(12)15)17(20)19-14-6-4-8-18-10-14/h3,5,7,9,14,18H,2,4,6,8,10-11H2,1H3,(H,19,20)/t14-/m0/s1. The van der Waals surface area contributed by atoms with E-state index in [2.05, 4.69) is 10.6 Å². The van der Waals surface area contributed by atoms with E-state index in [1.165, 1.54) is 0 Å². The average Bonchev–Trinajstić information content (AvgIpc) is 2.56. The fourth-order valence-corrected chi connectivity index (χ4v) is 2.83. The van der Waals surface area contributed by atoms with Crippen molar-refractivity contribution < 1.29 is 14.3 Å². The summed E-state index contributed by atoms with van der Waals surface area (Å²) in [7, 11) is 0. The van der Waals surface area contributed by atoms with Crippen LogP contribution >= 0.6 is 0 Å². The van der Waals surface area contributed by atoms with E-state index in [1.54, 1.807) is 0 Å². The van der Waals surface area contributed by atoms with Crippen molar-refractivity contribution in [2.75, 3.05) is 26.3 Å². The lowest BCUT2D eigenvalue weighted by atomic mass is 10.0. The van der Waals surface area contributed by atoms with Crippen LogP contribution in [0.15, 0.2) is 23.8 Å². The molecule has 0 aromatic heterocycles. The van der Waals surface area contributed by atoms with E-state index >= 15 is 0 Å². The Morgan fingerprint density at radius 2 is 2.41 bits per heavy atom. The molecule has 118 valence electrons. The van der Waals surface area contributed by atoms with Gasteiger partial charge in [0.2, 0.25) is 0 Å². The second-order valence-electron chi connectivity index (χ2n) is 5.58. The topological polar surface area (TPSA) is 59.6 Å². The zero-order valence-corrected chi connectivity index (χ0v) is 12.9. The molecule has 1 atom stereocenters. The molecule has 0 spiro atoms. The molecule has 1 fully saturated rings. The lowest BCUT2D eigenvalue weighted by molar-refractivity contribution is -0.118. The molecule has 1 amide bonds. The Kier molecular flexibility index (Phi) is 4.63. The lowest BCUT2D eigenvalue weighted by Gasteiger charge is -2.25. The van der Waals surface area contributed by atoms with Crippen LogP contribution in [0, 0.1) is 0 Å². The van der Waals surface area contributed by atoms with Gasteiger partial charge in [-0.3, -0.25) is 4.79 Å². The van der Waals surface area contributed by atoms with Crippen molar-refractivity contribution >= 4 is 12.0 Å². The summed E-state index contributed by atoms with van der Waals surface area (Å²) in [4.78, 5) is 12.4. The number of amides is 1. The highest BCUT2D eigenvalue weighted by Crippen LogP contribution is 2.35. The molecule has 22 heavy (non-hydrogen) atoms. The van der Waals surface area contributed by atoms with Gasteiger partial charge in [0.05, 0.1) is 12.2 Å². The van der Waals surface area contributed by atoms with E-state index in [1.807, 2.05) is 31.2 Å². The third-order valence-electron chi connectivity index (χ3n) is 3.93. The number of rotatable bonds is 4. The highest BCUT2D eigenvalue weighted by Gasteiger charge is 2.22. The number of fused-ring (bicyclic) bond motifs is 1. The summed E-state index contributed by atoms with van der Waals surface area (Å²) in [6, 6.07) is 5.94. The van der Waals surface area contributed by atoms with Gasteiger partial charge in [0.25, 0.3) is 5.91 Å². The van der Waals surface area contributed by atoms with Gasteiger partial charge in [-0.15, -0.1) is 0 Å². The predicted octanol–water partition coefficient (Wildman–Crippen LogP) is 1.73. The summed E-state index contributed by atoms with van der Waals surface area (Å²) >= 11 is 0. The molecule has 1 aromatic carbocycles. The number of carbonyl (C=O) groups is 1. The van der Waals surface area contributed by atoms with Gasteiger partial charge in [-0.2, -0.15) is 0 Å². The van der Waals surface area contributed by atoms with E-state index < -0.39 is 0 Å². The van der Waals surface area contributed by atoms with Crippen LogP contribution in [0.2, 0.25) is 0 Å². The molecule has 0 saturated carbocycles. The summed E-state index contributed by atoms with van der Waals surface area (Å²) in [6.07, 6.45) is 4.02. The first-order valence-corrected chi connectivity index (χ1v) is 7.88. The third kappa shape index (κ3) is 3.25. The van der Waals surface area contributed by atoms with Crippen molar-refractivity contribution in [2.24, 2.45) is 0 Å². The van der Waals surface area contributed by atoms with Crippen LogP contribution in [0.25, 0.3) is 6.08 Å². The normalized spacial score (nSPS) is 20.4. The number of piperidine rings is 1. The SMILES string of the molecule is CCOc1cccc2c1OCC(C(=O)N[C@H]1CCCNC1)=C2. The second-order valence-corrected chi connectivity index (χ2v) is 5.58. The van der Waals surface area contributed by atoms with Gasteiger partial charge >= 0.3 is 0 Å². The van der Waals surface area contributed by atoms with Crippen molar-refractivity contribution in [3.05, 3.63) is 29.3 Å². The molecule has 5 nitrogen and oxygen atoms in total. The van der Waals surface area contributed by atoms with Gasteiger partial charge in [-0.05, 0) is 38.5 Å². The van der Waals surface area contributed by atoms with Crippen molar-refractivity contribution in [2.45, 2.75) is 25.8 Å². The minimum Gasteiger partial charge on any atom is -0.490 e. The smallest absolute Gasteiger partial charge is 0.250 e. The van der Waals surface area contributed by atoms with Crippen molar-refractivity contribution in [1.29, 1.82) is 0 Å². The van der Waals surface area contributed by atoms with Crippen LogP contribution in [-0.2, 0) is 4.79 Å². The van der Waals surface area contributed by atoms with Crippen LogP contribution in [0.1, 0.15) is 25.3 Å². The minimum absolute atomic E-state index is 0.0406. The Balaban J connectivity index is 1.73. The summed E-state index contributed by atoms with van der Waals surface area (Å²) < 4.78 is 11.3. The second kappa shape index (κ2) is 6.83. The van der Waals surface area contributed by atoms with Gasteiger partial charge in [-0.25, -0.2) is 0 Å². The molecular formula is C17H22N2O3. The minimum atomic E-state index is -0.0406. The molecule has 3 rings (SSSR count). The van der Waals surface area contributed by atoms with E-state index in [0.29, 0.717) is 12.2 Å². The molecule has 0 aliphatic carbocycles. The molecule has 2 aliphatic heterocycles. The van der Waals surface area contributed by atoms with Crippen LogP contribution in [0.4, 0.5) is 0 Å². The van der Waals surface area contributed by atoms with E-state index in [9.17, 15) is 4.79 Å². The Bertz CT molecular complexity index is 577. The monoisotopic (exact) mass is 302 g/mol. The van der Waals surface area contributed by atoms with Crippen molar-refractivity contribution in [3.8, 4) is 11.5 Å². The average molecular weight is 302 g/mol. The van der Waals surface area contributed by atoms with Crippen LogP contribution < -0.4 is 20.1 Å². The zero-order valence-electron chi connectivity index (χ0n) is 12.9. The Morgan fingerprint density at radius 1 is 1.50 bits per heavy atom. The summed E-state index contributed by atoms with van der Waals surface area (Å²) in [6.45, 7) is 4.68. The molecule has 2 heterocycles. The largest absolute Gasteiger partial charge is 0.490 e. The molecule has 2 N–H and O–H groups in total. The van der Waals surface area contributed by atoms with Gasteiger partial charge in [-0.1, -0.05) is 12.1 Å². The number of carbonyl (C=O) groups excluding carboxylic acids is 1. The van der Waals surface area contributed by atoms with Crippen LogP contribution in [0.5, 0.6) is 11.5 Å². The maximum atomic E-state index is 12.4. The number of nitrogens with one attached hydrogen (secondary N) is 2. The fraction of sp³-hybridized carbons (Fsp3) is 0.471. The summed E-state index contributed by atoms with van der Waals surface area (Å²) in [5.74, 6) is 1.41. The van der Waals surface area contributed by atoms with E-state index in [0.717, 1.165) is 43.0 Å². The Labute approximate surface area is 130 Å². The first-order chi connectivity index (χ1) is 10.8. The fourth-order valence-electron chi connectivity index (χ4n) is 2.83. The van der Waals surface area contributed by atoms with Crippen molar-refractivity contribution in [1.82, 2.24) is 10.6 Å². The molecular weight excluding hydrogens is 280 g/mol. The van der Waals surface area contributed by atoms with Crippen LogP contribution in [-0.4, -0.2) is 38.3 Å². The van der Waals surface area contributed by atoms with Gasteiger partial charge in [0, 0.05) is 18.2 Å². The number of benzene rings is 1. The number of para-hydroxylation sites is 1. The predicted molar refractivity (Wildman–Crippen MR) is 85.1 cm³/mol. The number of hydrogen-bond acceptors (Lipinski definition) is 4. The number of ether oxygens (including phenoxy) is 2. The molecule has 1 saturated heterocycles. The van der Waals surface area contributed by atoms with E-state index in [-0.39, 0.29) is 18.6 Å². The quantitative estimate of drug-likeness (QED) is 0.889. The third-order valence-corrected chi connectivity index (χ3v) is 3.93. The molecule has 0 radical (unpaired) electrons. The molecule has 0 bridgehead atoms. The highest BCUT2D eigenvalue weighted by atomic mass is 16.5. The molecule has 0 unspecified atom stereocenters. The Hall–Kier alpha value is -2.01. The molecule has 5 heteroatoms. The lowest BCUT2D eigenvalue weighted by Crippen LogP contribution is -2.46. The maximum absolute atomic E-state index is 12.4. The summed E-state index contributed by atoms with van der Waals surface area (Å²) in [5, 5.41) is 6.38.